The van der Waals surface area contributed by atoms with E-state index in [1.807, 2.05) is 0 Å². The lowest BCUT2D eigenvalue weighted by Crippen LogP contribution is -2.25. The zero-order valence-electron chi connectivity index (χ0n) is 91.3. The summed E-state index contributed by atoms with van der Waals surface area (Å²) < 4.78 is 2.48. The number of unbranched alkanes of at least 4 members (excludes halogenated alkanes) is 39. The molecule has 14 aromatic carbocycles. The molecular weight excluding hydrogens is 1770 g/mol. The van der Waals surface area contributed by atoms with Crippen LogP contribution in [-0.2, 0) is 30.1 Å². The Morgan fingerprint density at radius 1 is 0.211 bits per heavy atom. The van der Waals surface area contributed by atoms with Crippen molar-refractivity contribution in [3.05, 3.63) is 353 Å². The molecule has 0 aliphatic heterocycles. The van der Waals surface area contributed by atoms with Gasteiger partial charge in [-0.05, 0) is 303 Å². The van der Waals surface area contributed by atoms with Gasteiger partial charge in [-0.15, -0.1) is 0 Å². The second-order valence-electron chi connectivity index (χ2n) is 45.0. The Bertz CT molecular complexity index is 6590. The lowest BCUT2D eigenvalue weighted by Gasteiger charge is -2.33. The summed E-state index contributed by atoms with van der Waals surface area (Å²) in [6.45, 7) is 16.2. The van der Waals surface area contributed by atoms with E-state index in [1.165, 1.54) is 441 Å². The van der Waals surface area contributed by atoms with E-state index in [-0.39, 0.29) is 10.8 Å². The van der Waals surface area contributed by atoms with Crippen LogP contribution >= 0.6 is 0 Å². The molecule has 0 radical (unpaired) electrons. The molecule has 3 aliphatic carbocycles. The average molecular weight is 1950 g/mol. The normalized spacial score (nSPS) is 13.0. The highest BCUT2D eigenvalue weighted by atomic mass is 15.1. The van der Waals surface area contributed by atoms with Gasteiger partial charge in [0.1, 0.15) is 0 Å². The summed E-state index contributed by atoms with van der Waals surface area (Å²) >= 11 is 0. The van der Waals surface area contributed by atoms with E-state index in [2.05, 4.69) is 366 Å². The summed E-state index contributed by atoms with van der Waals surface area (Å²) in [5.41, 5.74) is 42.3. The largest absolute Gasteiger partial charge is 0.311 e. The van der Waals surface area contributed by atoms with Gasteiger partial charge in [0.2, 0.25) is 0 Å². The molecule has 1 aromatic heterocycles. The highest BCUT2D eigenvalue weighted by molar-refractivity contribution is 6.10. The Balaban J connectivity index is 0.685. The number of aromatic nitrogens is 1. The number of hydrogen-bond donors (Lipinski definition) is 0. The maximum atomic E-state index is 2.69. The van der Waals surface area contributed by atoms with Crippen LogP contribution in [0, 0.1) is 13.8 Å². The molecule has 764 valence electrons. The van der Waals surface area contributed by atoms with Crippen molar-refractivity contribution in [2.75, 3.05) is 9.80 Å². The number of benzene rings is 14. The molecule has 15 aromatic rings. The summed E-state index contributed by atoms with van der Waals surface area (Å²) in [6, 6.07) is 120. The van der Waals surface area contributed by atoms with Crippen LogP contribution in [0.15, 0.2) is 303 Å². The van der Waals surface area contributed by atoms with Gasteiger partial charge < -0.3 is 14.4 Å². The molecule has 0 spiro atoms. The molecule has 0 fully saturated rings. The zero-order chi connectivity index (χ0) is 101. The molecule has 18 rings (SSSR count). The first-order valence-corrected chi connectivity index (χ1v) is 59.5. The number of para-hydroxylation sites is 1. The predicted octanol–water partition coefficient (Wildman–Crippen LogP) is 44.7. The molecule has 3 aliphatic rings. The van der Waals surface area contributed by atoms with Gasteiger partial charge in [-0.1, -0.05) is 504 Å². The topological polar surface area (TPSA) is 11.4 Å². The molecule has 3 nitrogen and oxygen atoms in total. The van der Waals surface area contributed by atoms with Crippen molar-refractivity contribution in [1.82, 2.24) is 4.57 Å². The van der Waals surface area contributed by atoms with Gasteiger partial charge in [0, 0.05) is 61.4 Å². The third-order valence-electron chi connectivity index (χ3n) is 34.3. The number of nitrogens with zero attached hydrogens (tertiary/aromatic N) is 3. The molecule has 0 unspecified atom stereocenters. The van der Waals surface area contributed by atoms with Crippen LogP contribution in [0.1, 0.15) is 393 Å². The van der Waals surface area contributed by atoms with E-state index in [4.69, 9.17) is 0 Å². The average Bonchev–Trinajstić information content (AvgIpc) is 1.56. The van der Waals surface area contributed by atoms with Crippen molar-refractivity contribution >= 4 is 55.9 Å². The van der Waals surface area contributed by atoms with Gasteiger partial charge in [-0.3, -0.25) is 0 Å². The first kappa shape index (κ1) is 105. The minimum Gasteiger partial charge on any atom is -0.311 e. The lowest BCUT2D eigenvalue weighted by molar-refractivity contribution is 0.397. The van der Waals surface area contributed by atoms with E-state index in [9.17, 15) is 0 Å². The lowest BCUT2D eigenvalue weighted by atomic mass is 9.70. The second-order valence-corrected chi connectivity index (χ2v) is 45.0. The molecular formula is C144H173N3. The van der Waals surface area contributed by atoms with Gasteiger partial charge >= 0.3 is 0 Å². The highest BCUT2D eigenvalue weighted by Gasteiger charge is 2.45. The molecule has 0 atom stereocenters. The van der Waals surface area contributed by atoms with Gasteiger partial charge in [0.25, 0.3) is 0 Å². The minimum absolute atomic E-state index is 0.00975. The number of aryl methyl sites for hydroxylation is 5. The first-order valence-electron chi connectivity index (χ1n) is 59.5. The van der Waals surface area contributed by atoms with E-state index in [0.717, 1.165) is 53.4 Å². The van der Waals surface area contributed by atoms with E-state index >= 15 is 0 Å². The smallest absolute Gasteiger partial charge is 0.0541 e. The summed E-state index contributed by atoms with van der Waals surface area (Å²) in [7, 11) is 0. The first-order chi connectivity index (χ1) is 72.5. The number of rotatable bonds is 61. The number of anilines is 6. The maximum absolute atomic E-state index is 2.69. The predicted molar refractivity (Wildman–Crippen MR) is 640 cm³/mol. The molecule has 1 heterocycles. The SMILES string of the molecule is CCCCCCCCCCCCC1(CCCCCCCCCCCC)c2cc(C)ccc2-c2ccc(-c3ccc(N(c4ccc(-c5ccc6c(c5)C(CCCCCCCCCCCC)(CCCCCCCCCCCC)c5cc(-c7ccc(N(c8ccc(C)cc8)c8ccc(-c9ccc%10c(c9)CC%10)cc8)cc7)ccc5-6)cc4)c4ccc(-c5ccc6c(c5)c5ccccc5n6-c5ccc(CCCCCC)cc5)cc4)cc3)cc21. The van der Waals surface area contributed by atoms with Gasteiger partial charge in [0.15, 0.2) is 0 Å². The van der Waals surface area contributed by atoms with Crippen LogP contribution in [-0.4, -0.2) is 4.57 Å². The van der Waals surface area contributed by atoms with Gasteiger partial charge in [-0.2, -0.15) is 0 Å². The van der Waals surface area contributed by atoms with Gasteiger partial charge in [0.05, 0.1) is 11.0 Å². The van der Waals surface area contributed by atoms with Crippen molar-refractivity contribution in [3.63, 3.8) is 0 Å². The molecule has 147 heavy (non-hydrogen) atoms. The highest BCUT2D eigenvalue weighted by Crippen LogP contribution is 2.59. The van der Waals surface area contributed by atoms with E-state index in [0.29, 0.717) is 0 Å². The minimum atomic E-state index is -0.142. The number of fused-ring (bicyclic) bond motifs is 10. The molecule has 0 bridgehead atoms. The van der Waals surface area contributed by atoms with Crippen LogP contribution in [0.4, 0.5) is 34.1 Å². The fourth-order valence-electron chi connectivity index (χ4n) is 25.6. The number of hydrogen-bond acceptors (Lipinski definition) is 2. The molecule has 3 heteroatoms. The molecule has 0 N–H and O–H groups in total. The Hall–Kier alpha value is -11.5. The van der Waals surface area contributed by atoms with Crippen LogP contribution in [0.25, 0.3) is 105 Å². The second kappa shape index (κ2) is 53.1. The Morgan fingerprint density at radius 3 is 0.830 bits per heavy atom. The quantitative estimate of drug-likeness (QED) is 0.0352. The van der Waals surface area contributed by atoms with Crippen molar-refractivity contribution in [2.24, 2.45) is 0 Å². The van der Waals surface area contributed by atoms with Crippen molar-refractivity contribution in [2.45, 2.75) is 387 Å². The molecule has 0 saturated heterocycles. The molecule has 0 saturated carbocycles. The van der Waals surface area contributed by atoms with Crippen LogP contribution in [0.3, 0.4) is 0 Å². The Labute approximate surface area is 887 Å². The maximum Gasteiger partial charge on any atom is 0.0541 e. The van der Waals surface area contributed by atoms with Crippen molar-refractivity contribution in [1.29, 1.82) is 0 Å². The molecule has 0 amide bonds. The fraction of sp³-hybridized carbons (Fsp3) is 0.417. The van der Waals surface area contributed by atoms with Gasteiger partial charge in [-0.25, -0.2) is 0 Å². The van der Waals surface area contributed by atoms with Crippen molar-refractivity contribution in [3.8, 4) is 83.6 Å². The van der Waals surface area contributed by atoms with Crippen LogP contribution < -0.4 is 9.80 Å². The summed E-state index contributed by atoms with van der Waals surface area (Å²) in [5, 5.41) is 2.55. The monoisotopic (exact) mass is 1940 g/mol. The van der Waals surface area contributed by atoms with Crippen LogP contribution in [0.2, 0.25) is 0 Å². The summed E-state index contributed by atoms with van der Waals surface area (Å²) in [4.78, 5) is 4.97. The summed E-state index contributed by atoms with van der Waals surface area (Å²) in [5.74, 6) is 0. The zero-order valence-corrected chi connectivity index (χ0v) is 91.3. The van der Waals surface area contributed by atoms with E-state index < -0.39 is 0 Å². The van der Waals surface area contributed by atoms with E-state index in [1.54, 1.807) is 22.3 Å². The fourth-order valence-corrected chi connectivity index (χ4v) is 25.6. The van der Waals surface area contributed by atoms with Crippen LogP contribution in [0.5, 0.6) is 0 Å². The Kier molecular flexibility index (Phi) is 38.0. The Morgan fingerprint density at radius 2 is 0.483 bits per heavy atom. The summed E-state index contributed by atoms with van der Waals surface area (Å²) in [6.07, 6.45) is 67.1. The third-order valence-corrected chi connectivity index (χ3v) is 34.3. The third kappa shape index (κ3) is 25.8. The van der Waals surface area contributed by atoms with Crippen molar-refractivity contribution < 1.29 is 0 Å². The standard InChI is InChI=1S/C144H173N3/c1-8-13-18-23-27-31-35-39-43-50-99-143(100-51-44-40-36-32-28-24-19-14-9-2)137-103-110(7)59-94-131(137)132-95-76-121(106-138(132)143)115-72-90-128(91-73-115)146(127-86-68-114(69-87-127)120-79-98-142-136(105-120)135-55-48-49-56-141(135)147(142)130-82-60-111(61-83-130)54-47-22-17-12-5)129-92-74-117(75-93-129)123-78-97-134-133-96-77-122(107-139(133)144(140(134)108-123,101-52-45-41-37-33-29-25-20-15-10-3)102-53-46-42-38-34-30-26-21-16-11-4)116-70-88-126(89-71-116)145(124-80-57-109(6)58-81-124)125-84-66-113(67-85-125)119-65-63-112-62-64-118(112)104-119/h48-49,55-61,63,65-98,103-108H,8-47,50-54,62,64,99-102H2,1-7H3.